The maximum absolute atomic E-state index is 15.2. The number of nitrogens with two attached hydrogens (primary N) is 1. The molecule has 38 heavy (non-hydrogen) atoms. The molecule has 0 bridgehead atoms. The number of amidine groups is 1. The number of hydrogen-bond donors (Lipinski definition) is 2. The molecule has 212 valence electrons. The van der Waals surface area contributed by atoms with E-state index >= 15 is 4.39 Å². The minimum atomic E-state index is -4.72. The van der Waals surface area contributed by atoms with Crippen molar-refractivity contribution >= 4 is 36.9 Å². The van der Waals surface area contributed by atoms with Crippen LogP contribution in [0.2, 0.25) is 0 Å². The Morgan fingerprint density at radius 2 is 1.79 bits per heavy atom. The number of sulfone groups is 1. The van der Waals surface area contributed by atoms with Crippen LogP contribution in [0.4, 0.5) is 22.0 Å². The molecule has 0 aliphatic heterocycles. The Bertz CT molecular complexity index is 1330. The lowest BCUT2D eigenvalue weighted by molar-refractivity contribution is -0.137. The van der Waals surface area contributed by atoms with Crippen LogP contribution in [0.5, 0.6) is 0 Å². The first-order chi connectivity index (χ1) is 17.5. The first-order valence-electron chi connectivity index (χ1n) is 11.4. The lowest BCUT2D eigenvalue weighted by Gasteiger charge is -2.47. The second-order valence-corrected chi connectivity index (χ2v) is 14.4. The van der Waals surface area contributed by atoms with Gasteiger partial charge in [0.15, 0.2) is 15.0 Å². The van der Waals surface area contributed by atoms with Gasteiger partial charge in [-0.3, -0.25) is 9.59 Å². The predicted octanol–water partition coefficient (Wildman–Crippen LogP) is 5.11. The average molecular weight is 603 g/mol. The molecule has 1 aromatic rings. The quantitative estimate of drug-likeness (QED) is 0.183. The van der Waals surface area contributed by atoms with Crippen LogP contribution >= 0.6 is 11.8 Å². The van der Waals surface area contributed by atoms with Crippen LogP contribution in [-0.4, -0.2) is 44.9 Å². The predicted molar refractivity (Wildman–Crippen MR) is 134 cm³/mol. The van der Waals surface area contributed by atoms with Gasteiger partial charge in [-0.25, -0.2) is 17.2 Å². The smallest absolute Gasteiger partial charge is 0.379 e. The molecule has 0 radical (unpaired) electrons. The molecule has 2 aliphatic rings. The Kier molecular flexibility index (Phi) is 9.06. The molecule has 4 atom stereocenters. The Morgan fingerprint density at radius 1 is 1.16 bits per heavy atom. The minimum absolute atomic E-state index is 0.130. The summed E-state index contributed by atoms with van der Waals surface area (Å²) in [7, 11) is -8.57. The molecule has 1 fully saturated rings. The molecule has 0 amide bonds. The van der Waals surface area contributed by atoms with E-state index < -0.39 is 77.4 Å². The summed E-state index contributed by atoms with van der Waals surface area (Å²) in [5.74, 6) is -3.77. The Labute approximate surface area is 222 Å². The van der Waals surface area contributed by atoms with Crippen molar-refractivity contribution in [2.45, 2.75) is 54.0 Å². The van der Waals surface area contributed by atoms with Crippen LogP contribution in [-0.2, 0) is 30.3 Å². The fourth-order valence-corrected chi connectivity index (χ4v) is 8.85. The van der Waals surface area contributed by atoms with Crippen molar-refractivity contribution in [3.8, 4) is 0 Å². The van der Waals surface area contributed by atoms with Gasteiger partial charge in [0.25, 0.3) is 10.1 Å². The van der Waals surface area contributed by atoms with Crippen molar-refractivity contribution in [3.63, 3.8) is 0 Å². The highest BCUT2D eigenvalue weighted by Crippen LogP contribution is 2.53. The second-order valence-electron chi connectivity index (χ2n) is 9.36. The van der Waals surface area contributed by atoms with Crippen LogP contribution in [0.25, 0.3) is 0 Å². The summed E-state index contributed by atoms with van der Waals surface area (Å²) in [6, 6.07) is 2.79. The minimum Gasteiger partial charge on any atom is -0.379 e. The number of thioether (sulfide) groups is 1. The van der Waals surface area contributed by atoms with Gasteiger partial charge >= 0.3 is 6.18 Å². The van der Waals surface area contributed by atoms with E-state index in [-0.39, 0.29) is 36.6 Å². The number of benzene rings is 1. The molecule has 7 nitrogen and oxygen atoms in total. The summed E-state index contributed by atoms with van der Waals surface area (Å²) >= 11 is 0.935. The molecule has 1 saturated carbocycles. The first kappa shape index (κ1) is 30.6. The average Bonchev–Trinajstić information content (AvgIpc) is 2.80. The number of halogens is 5. The van der Waals surface area contributed by atoms with Gasteiger partial charge in [0.1, 0.15) is 11.7 Å². The third-order valence-corrected chi connectivity index (χ3v) is 10.8. The van der Waals surface area contributed by atoms with Crippen LogP contribution in [0.1, 0.15) is 37.7 Å². The van der Waals surface area contributed by atoms with E-state index in [4.69, 9.17) is 15.3 Å². The highest BCUT2D eigenvalue weighted by molar-refractivity contribution is 8.13. The molecular formula is C23H27F5N2O5S3. The van der Waals surface area contributed by atoms with Gasteiger partial charge in [-0.05, 0) is 68.0 Å². The lowest BCUT2D eigenvalue weighted by atomic mass is 9.70. The van der Waals surface area contributed by atoms with Crippen molar-refractivity contribution in [2.24, 2.45) is 17.6 Å². The highest BCUT2D eigenvalue weighted by Gasteiger charge is 2.57. The van der Waals surface area contributed by atoms with Crippen molar-refractivity contribution in [1.29, 1.82) is 5.41 Å². The van der Waals surface area contributed by atoms with Gasteiger partial charge in [-0.15, -0.1) is 0 Å². The lowest BCUT2D eigenvalue weighted by Crippen LogP contribution is -2.53. The van der Waals surface area contributed by atoms with E-state index in [0.29, 0.717) is 12.1 Å². The molecule has 3 N–H and O–H groups in total. The van der Waals surface area contributed by atoms with Crippen LogP contribution in [0.15, 0.2) is 53.0 Å². The molecule has 0 saturated heterocycles. The van der Waals surface area contributed by atoms with Crippen molar-refractivity contribution in [3.05, 3.63) is 53.6 Å². The molecular weight excluding hydrogens is 575 g/mol. The van der Waals surface area contributed by atoms with Gasteiger partial charge in [0.2, 0.25) is 0 Å². The molecule has 0 aromatic heterocycles. The second kappa shape index (κ2) is 11.3. The van der Waals surface area contributed by atoms with E-state index in [9.17, 15) is 34.4 Å². The van der Waals surface area contributed by atoms with Gasteiger partial charge in [-0.2, -0.15) is 21.6 Å². The van der Waals surface area contributed by atoms with Crippen molar-refractivity contribution in [1.82, 2.24) is 0 Å². The number of rotatable bonds is 8. The van der Waals surface area contributed by atoms with Gasteiger partial charge in [0.05, 0.1) is 27.6 Å². The molecule has 0 heterocycles. The van der Waals surface area contributed by atoms with Crippen LogP contribution < -0.4 is 5.73 Å². The van der Waals surface area contributed by atoms with E-state index in [1.807, 2.05) is 0 Å². The molecule has 2 aliphatic carbocycles. The number of alkyl halides is 3. The Morgan fingerprint density at radius 3 is 2.34 bits per heavy atom. The number of hydrogen-bond acceptors (Lipinski definition) is 7. The summed E-state index contributed by atoms with van der Waals surface area (Å²) in [4.78, 5) is -0.493. The zero-order valence-electron chi connectivity index (χ0n) is 20.2. The van der Waals surface area contributed by atoms with Gasteiger partial charge in [-0.1, -0.05) is 11.8 Å². The van der Waals surface area contributed by atoms with Crippen LogP contribution in [0.3, 0.4) is 0 Å². The number of nitrogens with one attached hydrogen (secondary N) is 1. The maximum Gasteiger partial charge on any atom is 0.416 e. The largest absolute Gasteiger partial charge is 0.416 e. The Balaban J connectivity index is 2.11. The zero-order valence-corrected chi connectivity index (χ0v) is 22.6. The summed E-state index contributed by atoms with van der Waals surface area (Å²) < 4.78 is 124. The molecule has 0 spiro atoms. The van der Waals surface area contributed by atoms with Gasteiger partial charge in [0, 0.05) is 18.1 Å². The van der Waals surface area contributed by atoms with Gasteiger partial charge < -0.3 is 5.73 Å². The molecule has 1 aromatic carbocycles. The topological polar surface area (TPSA) is 127 Å². The fourth-order valence-electron chi connectivity index (χ4n) is 5.15. The highest BCUT2D eigenvalue weighted by atomic mass is 32.2. The van der Waals surface area contributed by atoms with E-state index in [1.54, 1.807) is 0 Å². The molecule has 3 rings (SSSR count). The van der Waals surface area contributed by atoms with Crippen molar-refractivity contribution in [2.75, 3.05) is 12.0 Å². The number of allylic oxidation sites excluding steroid dienone is 4. The summed E-state index contributed by atoms with van der Waals surface area (Å²) in [6.45, 7) is 0. The van der Waals surface area contributed by atoms with Crippen molar-refractivity contribution < 1.29 is 43.0 Å². The van der Waals surface area contributed by atoms with E-state index in [0.717, 1.165) is 42.3 Å². The fraction of sp³-hybridized carbons (Fsp3) is 0.522. The third kappa shape index (κ3) is 6.77. The Hall–Kier alpha value is -1.97. The SMILES string of the molecule is CS(=O)(=O)O[C@@H]1CC[C@@](C2CC(F)=CC=C2F)(S(=O)(=O)c2ccc(C(F)(F)F)cc2)C[C@H]1CCSC(=N)N. The van der Waals surface area contributed by atoms with Crippen LogP contribution in [0, 0.1) is 17.2 Å². The standard InChI is InChI=1S/C23H27F5N2O5S3/c1-37(31,32)35-20-8-10-22(13-14(20)9-11-36-21(29)30,18-12-16(24)4-7-19(18)25)38(33,34)17-5-2-15(3-6-17)23(26,27)28/h2-7,14,18,20H,8-13H2,1H3,(H3,29,30)/t14-,18?,20-,22-/m1/s1. The molecule has 15 heteroatoms. The third-order valence-electron chi connectivity index (χ3n) is 6.85. The van der Waals surface area contributed by atoms with E-state index in [2.05, 4.69) is 0 Å². The summed E-state index contributed by atoms with van der Waals surface area (Å²) in [6.07, 6.45) is -4.45. The maximum atomic E-state index is 15.2. The van der Waals surface area contributed by atoms with E-state index in [1.165, 1.54) is 0 Å². The zero-order chi connectivity index (χ0) is 28.5. The monoisotopic (exact) mass is 602 g/mol. The first-order valence-corrected chi connectivity index (χ1v) is 15.7. The summed E-state index contributed by atoms with van der Waals surface area (Å²) in [5.41, 5.74) is 4.30. The molecule has 1 unspecified atom stereocenters. The normalized spacial score (nSPS) is 26.9. The summed E-state index contributed by atoms with van der Waals surface area (Å²) in [5, 5.41) is 7.17.